The Morgan fingerprint density at radius 1 is 1.39 bits per heavy atom. The van der Waals surface area contributed by atoms with Gasteiger partial charge >= 0.3 is 5.97 Å². The quantitative estimate of drug-likeness (QED) is 0.765. The van der Waals surface area contributed by atoms with Crippen LogP contribution in [0.3, 0.4) is 0 Å². The van der Waals surface area contributed by atoms with Crippen LogP contribution < -0.4 is 9.44 Å². The van der Waals surface area contributed by atoms with Crippen molar-refractivity contribution in [2.24, 2.45) is 0 Å². The molecule has 0 heterocycles. The molecule has 1 saturated carbocycles. The smallest absolute Gasteiger partial charge is 0.337 e. The zero-order valence-corrected chi connectivity index (χ0v) is 10.8. The fourth-order valence-electron chi connectivity index (χ4n) is 1.38. The summed E-state index contributed by atoms with van der Waals surface area (Å²) in [4.78, 5) is 11.0. The highest BCUT2D eigenvalue weighted by atomic mass is 35.5. The molecule has 1 fully saturated rings. The summed E-state index contributed by atoms with van der Waals surface area (Å²) >= 11 is 5.67. The normalized spacial score (nSPS) is 15.4. The number of hydrogen-bond acceptors (Lipinski definition) is 3. The lowest BCUT2D eigenvalue weighted by Crippen LogP contribution is -2.32. The van der Waals surface area contributed by atoms with Crippen molar-refractivity contribution in [1.29, 1.82) is 0 Å². The Balaban J connectivity index is 2.25. The highest BCUT2D eigenvalue weighted by molar-refractivity contribution is 7.90. The lowest BCUT2D eigenvalue weighted by Gasteiger charge is -2.11. The molecule has 1 aliphatic rings. The fraction of sp³-hybridized carbons (Fsp3) is 0.300. The number of carboxylic acids is 1. The van der Waals surface area contributed by atoms with Gasteiger partial charge in [-0.25, -0.2) is 4.79 Å². The Kier molecular flexibility index (Phi) is 3.47. The fourth-order valence-corrected chi connectivity index (χ4v) is 2.75. The molecule has 0 saturated heterocycles. The molecule has 1 aromatic carbocycles. The summed E-state index contributed by atoms with van der Waals surface area (Å²) in [6.45, 7) is 0. The number of carboxylic acid groups (broad SMARTS) is 1. The highest BCUT2D eigenvalue weighted by Gasteiger charge is 2.27. The molecule has 0 radical (unpaired) electrons. The number of carbonyl (C=O) groups is 1. The molecule has 98 valence electrons. The summed E-state index contributed by atoms with van der Waals surface area (Å²) in [5.74, 6) is -1.25. The van der Waals surface area contributed by atoms with Crippen molar-refractivity contribution in [3.8, 4) is 0 Å². The molecule has 0 aliphatic heterocycles. The van der Waals surface area contributed by atoms with E-state index in [2.05, 4.69) is 9.44 Å². The summed E-state index contributed by atoms with van der Waals surface area (Å²) in [6, 6.07) is 3.88. The van der Waals surface area contributed by atoms with Crippen LogP contribution >= 0.6 is 11.6 Å². The number of nitrogens with one attached hydrogen (secondary N) is 2. The first-order valence-electron chi connectivity index (χ1n) is 5.20. The van der Waals surface area contributed by atoms with Crippen LogP contribution in [0.2, 0.25) is 5.02 Å². The van der Waals surface area contributed by atoms with Crippen LogP contribution in [-0.2, 0) is 10.2 Å². The summed E-state index contributed by atoms with van der Waals surface area (Å²) in [5.41, 5.74) is -0.205. The van der Waals surface area contributed by atoms with Crippen molar-refractivity contribution in [2.75, 3.05) is 4.72 Å². The van der Waals surface area contributed by atoms with Gasteiger partial charge in [0, 0.05) is 11.1 Å². The van der Waals surface area contributed by atoms with E-state index in [4.69, 9.17) is 16.7 Å². The van der Waals surface area contributed by atoms with E-state index in [1.54, 1.807) is 0 Å². The average Bonchev–Trinajstić information content (AvgIpc) is 3.03. The first-order chi connectivity index (χ1) is 8.37. The predicted octanol–water partition coefficient (Wildman–Crippen LogP) is 1.45. The third kappa shape index (κ3) is 3.34. The van der Waals surface area contributed by atoms with Gasteiger partial charge in [0.15, 0.2) is 0 Å². The molecule has 0 spiro atoms. The van der Waals surface area contributed by atoms with Gasteiger partial charge in [0.05, 0.1) is 11.3 Å². The van der Waals surface area contributed by atoms with Gasteiger partial charge in [-0.2, -0.15) is 13.1 Å². The Bertz CT molecular complexity index is 584. The van der Waals surface area contributed by atoms with E-state index >= 15 is 0 Å². The van der Waals surface area contributed by atoms with Crippen molar-refractivity contribution in [2.45, 2.75) is 18.9 Å². The Labute approximate surface area is 109 Å². The SMILES string of the molecule is O=C(O)c1cc(Cl)ccc1NS(=O)(=O)NC1CC1. The van der Waals surface area contributed by atoms with Crippen molar-refractivity contribution in [3.05, 3.63) is 28.8 Å². The van der Waals surface area contributed by atoms with Crippen LogP contribution in [0.25, 0.3) is 0 Å². The topological polar surface area (TPSA) is 95.5 Å². The largest absolute Gasteiger partial charge is 0.478 e. The molecule has 2 rings (SSSR count). The standard InChI is InChI=1S/C10H11ClN2O4S/c11-6-1-4-9(8(5-6)10(14)15)13-18(16,17)12-7-2-3-7/h1,4-5,7,12-13H,2-3H2,(H,14,15). The zero-order chi connectivity index (χ0) is 13.3. The van der Waals surface area contributed by atoms with Crippen LogP contribution in [0.4, 0.5) is 5.69 Å². The molecule has 1 aliphatic carbocycles. The minimum atomic E-state index is -3.75. The van der Waals surface area contributed by atoms with Gasteiger partial charge in [0.25, 0.3) is 10.2 Å². The summed E-state index contributed by atoms with van der Waals surface area (Å²) in [6.07, 6.45) is 1.60. The van der Waals surface area contributed by atoms with Gasteiger partial charge in [-0.05, 0) is 31.0 Å². The number of benzene rings is 1. The molecule has 8 heteroatoms. The van der Waals surface area contributed by atoms with Crippen molar-refractivity contribution < 1.29 is 18.3 Å². The molecule has 3 N–H and O–H groups in total. The maximum absolute atomic E-state index is 11.7. The van der Waals surface area contributed by atoms with Gasteiger partial charge in [0.2, 0.25) is 0 Å². The molecule has 0 unspecified atom stereocenters. The molecular formula is C10H11ClN2O4S. The lowest BCUT2D eigenvalue weighted by atomic mass is 10.2. The van der Waals surface area contributed by atoms with Crippen LogP contribution in [0.1, 0.15) is 23.2 Å². The van der Waals surface area contributed by atoms with E-state index < -0.39 is 16.2 Å². The van der Waals surface area contributed by atoms with Gasteiger partial charge in [-0.1, -0.05) is 11.6 Å². The average molecular weight is 291 g/mol. The second kappa shape index (κ2) is 4.75. The first kappa shape index (κ1) is 13.1. The van der Waals surface area contributed by atoms with E-state index in [1.165, 1.54) is 18.2 Å². The molecule has 0 aromatic heterocycles. The number of rotatable bonds is 5. The van der Waals surface area contributed by atoms with E-state index in [1.807, 2.05) is 0 Å². The molecule has 6 nitrogen and oxygen atoms in total. The van der Waals surface area contributed by atoms with Crippen LogP contribution in [0.15, 0.2) is 18.2 Å². The maximum atomic E-state index is 11.7. The van der Waals surface area contributed by atoms with Crippen LogP contribution in [0.5, 0.6) is 0 Å². The molecule has 0 atom stereocenters. The third-order valence-corrected chi connectivity index (χ3v) is 3.72. The van der Waals surface area contributed by atoms with Gasteiger partial charge < -0.3 is 5.11 Å². The van der Waals surface area contributed by atoms with Crippen LogP contribution in [-0.4, -0.2) is 25.5 Å². The maximum Gasteiger partial charge on any atom is 0.337 e. The Hall–Kier alpha value is -1.31. The summed E-state index contributed by atoms with van der Waals surface area (Å²) < 4.78 is 27.9. The summed E-state index contributed by atoms with van der Waals surface area (Å²) in [5, 5.41) is 9.19. The number of aromatic carboxylic acids is 1. The van der Waals surface area contributed by atoms with E-state index in [9.17, 15) is 13.2 Å². The number of anilines is 1. The molecule has 1 aromatic rings. The number of hydrogen-bond donors (Lipinski definition) is 3. The molecule has 0 bridgehead atoms. The lowest BCUT2D eigenvalue weighted by molar-refractivity contribution is 0.0698. The van der Waals surface area contributed by atoms with Crippen molar-refractivity contribution in [1.82, 2.24) is 4.72 Å². The second-order valence-corrected chi connectivity index (χ2v) is 5.88. The summed E-state index contributed by atoms with van der Waals surface area (Å²) in [7, 11) is -3.75. The van der Waals surface area contributed by atoms with Crippen LogP contribution in [0, 0.1) is 0 Å². The zero-order valence-electron chi connectivity index (χ0n) is 9.18. The van der Waals surface area contributed by atoms with Gasteiger partial charge in [0.1, 0.15) is 0 Å². The molecular weight excluding hydrogens is 280 g/mol. The third-order valence-electron chi connectivity index (χ3n) is 2.36. The molecule has 0 amide bonds. The Morgan fingerprint density at radius 2 is 2.06 bits per heavy atom. The minimum Gasteiger partial charge on any atom is -0.478 e. The highest BCUT2D eigenvalue weighted by Crippen LogP contribution is 2.23. The van der Waals surface area contributed by atoms with E-state index in [0.29, 0.717) is 0 Å². The molecule has 18 heavy (non-hydrogen) atoms. The second-order valence-electron chi connectivity index (χ2n) is 3.99. The van der Waals surface area contributed by atoms with E-state index in [0.717, 1.165) is 12.8 Å². The predicted molar refractivity (Wildman–Crippen MR) is 67.1 cm³/mol. The van der Waals surface area contributed by atoms with Crippen molar-refractivity contribution in [3.63, 3.8) is 0 Å². The monoisotopic (exact) mass is 290 g/mol. The van der Waals surface area contributed by atoms with Gasteiger partial charge in [-0.3, -0.25) is 4.72 Å². The minimum absolute atomic E-state index is 0.0138. The van der Waals surface area contributed by atoms with E-state index in [-0.39, 0.29) is 22.3 Å². The van der Waals surface area contributed by atoms with Crippen molar-refractivity contribution >= 4 is 33.5 Å². The first-order valence-corrected chi connectivity index (χ1v) is 7.06. The number of halogens is 1. The Morgan fingerprint density at radius 3 is 2.61 bits per heavy atom. The van der Waals surface area contributed by atoms with Gasteiger partial charge in [-0.15, -0.1) is 0 Å².